The number of methoxy groups -OCH3 is 1. The fourth-order valence-corrected chi connectivity index (χ4v) is 2.28. The van der Waals surface area contributed by atoms with Crippen LogP contribution in [-0.4, -0.2) is 44.6 Å². The maximum Gasteiger partial charge on any atom is 0.161 e. The first-order valence-corrected chi connectivity index (χ1v) is 7.22. The highest BCUT2D eigenvalue weighted by atomic mass is 16.5. The van der Waals surface area contributed by atoms with Gasteiger partial charge in [0.05, 0.1) is 25.6 Å². The van der Waals surface area contributed by atoms with Gasteiger partial charge in [0.2, 0.25) is 0 Å². The summed E-state index contributed by atoms with van der Waals surface area (Å²) < 4.78 is 6.85. The molecule has 0 aliphatic carbocycles. The average Bonchev–Trinajstić information content (AvgIpc) is 2.98. The molecule has 7 heteroatoms. The molecule has 0 amide bonds. The van der Waals surface area contributed by atoms with E-state index in [1.165, 1.54) is 7.11 Å². The summed E-state index contributed by atoms with van der Waals surface area (Å²) in [7, 11) is 1.50. The second kappa shape index (κ2) is 6.13. The van der Waals surface area contributed by atoms with Crippen molar-refractivity contribution in [2.45, 2.75) is 13.0 Å². The molecule has 0 aliphatic rings. The molecule has 0 radical (unpaired) electrons. The molecule has 2 heterocycles. The van der Waals surface area contributed by atoms with Crippen molar-refractivity contribution in [2.75, 3.05) is 19.0 Å². The molecule has 120 valence electrons. The van der Waals surface area contributed by atoms with Crippen molar-refractivity contribution in [3.05, 3.63) is 36.5 Å². The molecule has 0 fully saturated rings. The Balaban J connectivity index is 2.05. The summed E-state index contributed by atoms with van der Waals surface area (Å²) in [4.78, 5) is 4.33. The van der Waals surface area contributed by atoms with Gasteiger partial charge in [-0.15, -0.1) is 5.10 Å². The van der Waals surface area contributed by atoms with Crippen LogP contribution < -0.4 is 10.1 Å². The van der Waals surface area contributed by atoms with Crippen LogP contribution in [0.5, 0.6) is 11.5 Å². The summed E-state index contributed by atoms with van der Waals surface area (Å²) in [6, 6.07) is 8.65. The quantitative estimate of drug-likeness (QED) is 0.666. The highest BCUT2D eigenvalue weighted by Crippen LogP contribution is 2.31. The van der Waals surface area contributed by atoms with Crippen molar-refractivity contribution >= 4 is 11.5 Å². The van der Waals surface area contributed by atoms with E-state index < -0.39 is 0 Å². The average molecular weight is 314 g/mol. The molecule has 2 aromatic heterocycles. The number of hydrogen-bond acceptors (Lipinski definition) is 6. The molecule has 7 nitrogen and oxygen atoms in total. The molecule has 1 aromatic carbocycles. The van der Waals surface area contributed by atoms with Crippen molar-refractivity contribution in [3.63, 3.8) is 0 Å². The number of nitrogens with zero attached hydrogens (tertiary/aromatic N) is 3. The maximum atomic E-state index is 9.72. The van der Waals surface area contributed by atoms with Gasteiger partial charge in [-0.25, -0.2) is 9.50 Å². The summed E-state index contributed by atoms with van der Waals surface area (Å²) in [5.74, 6) is 1.11. The minimum absolute atomic E-state index is 0.0195. The van der Waals surface area contributed by atoms with Gasteiger partial charge >= 0.3 is 0 Å². The predicted octanol–water partition coefficient (Wildman–Crippen LogP) is 1.90. The molecule has 0 unspecified atom stereocenters. The van der Waals surface area contributed by atoms with Crippen molar-refractivity contribution in [1.82, 2.24) is 14.6 Å². The van der Waals surface area contributed by atoms with Gasteiger partial charge < -0.3 is 20.3 Å². The first-order valence-electron chi connectivity index (χ1n) is 7.22. The number of anilines is 1. The first-order chi connectivity index (χ1) is 11.1. The van der Waals surface area contributed by atoms with Crippen LogP contribution in [0, 0.1) is 0 Å². The number of phenolic OH excluding ortho intramolecular Hbond substituents is 1. The standard InChI is InChI=1S/C16H18N4O3/c1-10(9-21)18-15-5-6-16-17-8-12(20(16)19-15)11-3-4-13(22)14(7-11)23-2/h3-8,10,21-22H,9H2,1-2H3,(H,18,19)/t10-/m1/s1. The molecule has 23 heavy (non-hydrogen) atoms. The normalized spacial score (nSPS) is 12.3. The van der Waals surface area contributed by atoms with E-state index in [0.29, 0.717) is 17.2 Å². The lowest BCUT2D eigenvalue weighted by atomic mass is 10.1. The zero-order valence-corrected chi connectivity index (χ0v) is 12.9. The Kier molecular flexibility index (Phi) is 4.03. The van der Waals surface area contributed by atoms with E-state index in [-0.39, 0.29) is 18.4 Å². The zero-order valence-electron chi connectivity index (χ0n) is 12.9. The van der Waals surface area contributed by atoms with Crippen LogP contribution in [-0.2, 0) is 0 Å². The number of aliphatic hydroxyl groups is 1. The molecule has 3 N–H and O–H groups in total. The van der Waals surface area contributed by atoms with Crippen LogP contribution in [0.4, 0.5) is 5.82 Å². The van der Waals surface area contributed by atoms with Crippen LogP contribution in [0.2, 0.25) is 0 Å². The predicted molar refractivity (Wildman–Crippen MR) is 86.8 cm³/mol. The monoisotopic (exact) mass is 314 g/mol. The number of rotatable bonds is 5. The minimum atomic E-state index is -0.0966. The number of hydrogen-bond donors (Lipinski definition) is 3. The summed E-state index contributed by atoms with van der Waals surface area (Å²) in [5, 5.41) is 26.5. The zero-order chi connectivity index (χ0) is 16.4. The van der Waals surface area contributed by atoms with Gasteiger partial charge in [-0.05, 0) is 37.3 Å². The molecule has 0 saturated heterocycles. The molecular weight excluding hydrogens is 296 g/mol. The van der Waals surface area contributed by atoms with Crippen molar-refractivity contribution in [1.29, 1.82) is 0 Å². The van der Waals surface area contributed by atoms with E-state index >= 15 is 0 Å². The number of nitrogens with one attached hydrogen (secondary N) is 1. The van der Waals surface area contributed by atoms with E-state index in [4.69, 9.17) is 9.84 Å². The van der Waals surface area contributed by atoms with Gasteiger partial charge in [0.1, 0.15) is 5.82 Å². The van der Waals surface area contributed by atoms with Gasteiger partial charge in [-0.1, -0.05) is 0 Å². The third-order valence-electron chi connectivity index (χ3n) is 3.51. The molecule has 0 saturated carbocycles. The Bertz CT molecular complexity index is 831. The summed E-state index contributed by atoms with van der Waals surface area (Å²) in [6.07, 6.45) is 1.72. The Morgan fingerprint density at radius 1 is 1.30 bits per heavy atom. The topological polar surface area (TPSA) is 91.9 Å². The minimum Gasteiger partial charge on any atom is -0.504 e. The van der Waals surface area contributed by atoms with Crippen LogP contribution in [0.3, 0.4) is 0 Å². The van der Waals surface area contributed by atoms with Crippen LogP contribution in [0.15, 0.2) is 36.5 Å². The molecular formula is C16H18N4O3. The Morgan fingerprint density at radius 2 is 2.13 bits per heavy atom. The van der Waals surface area contributed by atoms with Gasteiger partial charge in [0.15, 0.2) is 17.1 Å². The largest absolute Gasteiger partial charge is 0.504 e. The first kappa shape index (κ1) is 15.1. The Labute approximate surface area is 133 Å². The van der Waals surface area contributed by atoms with E-state index in [0.717, 1.165) is 11.3 Å². The van der Waals surface area contributed by atoms with Gasteiger partial charge in [-0.2, -0.15) is 0 Å². The van der Waals surface area contributed by atoms with Crippen molar-refractivity contribution in [3.8, 4) is 22.8 Å². The Morgan fingerprint density at radius 3 is 2.87 bits per heavy atom. The number of fused-ring (bicyclic) bond motifs is 1. The Hall–Kier alpha value is -2.80. The van der Waals surface area contributed by atoms with Crippen LogP contribution in [0.25, 0.3) is 16.9 Å². The fourth-order valence-electron chi connectivity index (χ4n) is 2.28. The number of aliphatic hydroxyl groups excluding tert-OH is 1. The molecule has 0 spiro atoms. The molecule has 1 atom stereocenters. The van der Waals surface area contributed by atoms with Gasteiger partial charge in [0.25, 0.3) is 0 Å². The number of phenols is 1. The van der Waals surface area contributed by atoms with Crippen LogP contribution >= 0.6 is 0 Å². The lowest BCUT2D eigenvalue weighted by Gasteiger charge is -2.12. The second-order valence-corrected chi connectivity index (χ2v) is 5.25. The number of ether oxygens (including phenoxy) is 1. The summed E-state index contributed by atoms with van der Waals surface area (Å²) >= 11 is 0. The van der Waals surface area contributed by atoms with Gasteiger partial charge in [0, 0.05) is 11.6 Å². The smallest absolute Gasteiger partial charge is 0.161 e. The lowest BCUT2D eigenvalue weighted by Crippen LogP contribution is -2.20. The van der Waals surface area contributed by atoms with E-state index in [9.17, 15) is 5.11 Å². The molecule has 0 aliphatic heterocycles. The van der Waals surface area contributed by atoms with E-state index in [1.54, 1.807) is 28.9 Å². The van der Waals surface area contributed by atoms with Crippen LogP contribution in [0.1, 0.15) is 6.92 Å². The van der Waals surface area contributed by atoms with E-state index in [1.807, 2.05) is 19.1 Å². The maximum absolute atomic E-state index is 9.72. The number of benzene rings is 1. The summed E-state index contributed by atoms with van der Waals surface area (Å²) in [6.45, 7) is 1.89. The van der Waals surface area contributed by atoms with Gasteiger partial charge in [-0.3, -0.25) is 0 Å². The molecule has 0 bridgehead atoms. The summed E-state index contributed by atoms with van der Waals surface area (Å²) in [5.41, 5.74) is 2.31. The molecule has 3 rings (SSSR count). The third-order valence-corrected chi connectivity index (χ3v) is 3.51. The van der Waals surface area contributed by atoms with E-state index in [2.05, 4.69) is 15.4 Å². The SMILES string of the molecule is COc1cc(-c2cnc3ccc(N[C@H](C)CO)nn23)ccc1O. The highest BCUT2D eigenvalue weighted by molar-refractivity contribution is 5.66. The number of imidazole rings is 1. The third kappa shape index (κ3) is 2.91. The lowest BCUT2D eigenvalue weighted by molar-refractivity contribution is 0.281. The molecule has 3 aromatic rings. The number of aromatic nitrogens is 3. The van der Waals surface area contributed by atoms with Crippen molar-refractivity contribution in [2.24, 2.45) is 0 Å². The fraction of sp³-hybridized carbons (Fsp3) is 0.250. The second-order valence-electron chi connectivity index (χ2n) is 5.25. The highest BCUT2D eigenvalue weighted by Gasteiger charge is 2.11. The number of aromatic hydroxyl groups is 1. The van der Waals surface area contributed by atoms with Crippen molar-refractivity contribution < 1.29 is 14.9 Å².